The predicted octanol–water partition coefficient (Wildman–Crippen LogP) is 11.2. The van der Waals surface area contributed by atoms with E-state index in [0.29, 0.717) is 0 Å². The summed E-state index contributed by atoms with van der Waals surface area (Å²) in [4.78, 5) is 10.4. The zero-order valence-electron chi connectivity index (χ0n) is 27.7. The minimum Gasteiger partial charge on any atom is -0.361 e. The maximum atomic E-state index is 5.21. The summed E-state index contributed by atoms with van der Waals surface area (Å²) in [7, 11) is 0. The number of aromatic nitrogens is 2. The van der Waals surface area contributed by atoms with Crippen molar-refractivity contribution in [2.75, 3.05) is 0 Å². The van der Waals surface area contributed by atoms with E-state index in [1.807, 2.05) is 18.2 Å². The Kier molecular flexibility index (Phi) is 7.71. The summed E-state index contributed by atoms with van der Waals surface area (Å²) in [6, 6.07) is 47.2. The molecule has 3 heteroatoms. The maximum absolute atomic E-state index is 5.21. The van der Waals surface area contributed by atoms with Gasteiger partial charge in [0.15, 0.2) is 5.82 Å². The fourth-order valence-electron chi connectivity index (χ4n) is 7.37. The van der Waals surface area contributed by atoms with E-state index in [-0.39, 0.29) is 0 Å². The molecule has 5 aromatic carbocycles. The molecule has 1 aliphatic heterocycles. The Morgan fingerprint density at radius 1 is 0.540 bits per heavy atom. The number of fused-ring (bicyclic) bond motifs is 5. The van der Waals surface area contributed by atoms with Crippen molar-refractivity contribution in [1.29, 1.82) is 0 Å². The van der Waals surface area contributed by atoms with Gasteiger partial charge in [-0.1, -0.05) is 140 Å². The summed E-state index contributed by atoms with van der Waals surface area (Å²) in [5.74, 6) is 0.755. The minimum atomic E-state index is 0.755. The third-order valence-corrected chi connectivity index (χ3v) is 9.83. The number of allylic oxidation sites excluding steroid dienone is 7. The lowest BCUT2D eigenvalue weighted by molar-refractivity contribution is 0.988. The summed E-state index contributed by atoms with van der Waals surface area (Å²) >= 11 is 0. The van der Waals surface area contributed by atoms with Crippen LogP contribution in [0.25, 0.3) is 56.7 Å². The van der Waals surface area contributed by atoms with Gasteiger partial charge in [0.2, 0.25) is 0 Å². The molecule has 3 nitrogen and oxygen atoms in total. The number of benzene rings is 5. The first-order valence-electron chi connectivity index (χ1n) is 17.3. The number of hydrogen-bond donors (Lipinski definition) is 1. The molecular formula is C47H35N3. The molecule has 0 atom stereocenters. The molecule has 1 N–H and O–H groups in total. The van der Waals surface area contributed by atoms with Crippen LogP contribution in [0.4, 0.5) is 0 Å². The summed E-state index contributed by atoms with van der Waals surface area (Å²) in [6.45, 7) is 0. The van der Waals surface area contributed by atoms with Crippen molar-refractivity contribution in [2.24, 2.45) is 0 Å². The average molecular weight is 642 g/mol. The van der Waals surface area contributed by atoms with Crippen LogP contribution in [0.2, 0.25) is 0 Å². The average Bonchev–Trinajstić information content (AvgIpc) is 3.55. The fourth-order valence-corrected chi connectivity index (χ4v) is 7.37. The van der Waals surface area contributed by atoms with E-state index in [1.165, 1.54) is 44.5 Å². The van der Waals surface area contributed by atoms with Crippen LogP contribution in [-0.2, 0) is 6.42 Å². The van der Waals surface area contributed by atoms with Gasteiger partial charge in [0.05, 0.1) is 11.4 Å². The molecule has 9 rings (SSSR count). The smallest absolute Gasteiger partial charge is 0.160 e. The predicted molar refractivity (Wildman–Crippen MR) is 207 cm³/mol. The van der Waals surface area contributed by atoms with Crippen molar-refractivity contribution in [3.63, 3.8) is 0 Å². The molecule has 0 bridgehead atoms. The molecule has 238 valence electrons. The molecule has 2 heterocycles. The third kappa shape index (κ3) is 5.63. The lowest BCUT2D eigenvalue weighted by Gasteiger charge is -2.18. The SMILES string of the molecule is C1=CC2=C(CC1)c1ccccc1\C=C(c1ccc3c(c1)Cc1c(-c4ccccc4)nc(-c4ccccc4)nc1-3)/C=C(c1ccccc1)\C=C\N2. The van der Waals surface area contributed by atoms with Crippen LogP contribution in [0, 0.1) is 0 Å². The highest BCUT2D eigenvalue weighted by atomic mass is 14.9. The first-order chi connectivity index (χ1) is 24.8. The van der Waals surface area contributed by atoms with Gasteiger partial charge in [-0.05, 0) is 81.7 Å². The first-order valence-corrected chi connectivity index (χ1v) is 17.3. The lowest BCUT2D eigenvalue weighted by atomic mass is 9.89. The topological polar surface area (TPSA) is 37.8 Å². The lowest BCUT2D eigenvalue weighted by Crippen LogP contribution is -2.09. The Balaban J connectivity index is 1.22. The number of hydrogen-bond acceptors (Lipinski definition) is 3. The van der Waals surface area contributed by atoms with Gasteiger partial charge in [-0.15, -0.1) is 0 Å². The van der Waals surface area contributed by atoms with Crippen molar-refractivity contribution in [2.45, 2.75) is 19.3 Å². The van der Waals surface area contributed by atoms with Crippen molar-refractivity contribution in [3.8, 4) is 33.9 Å². The van der Waals surface area contributed by atoms with Gasteiger partial charge in [-0.2, -0.15) is 0 Å². The number of rotatable bonds is 4. The van der Waals surface area contributed by atoms with Gasteiger partial charge in [0.25, 0.3) is 0 Å². The second kappa shape index (κ2) is 12.9. The zero-order valence-corrected chi connectivity index (χ0v) is 27.7. The van der Waals surface area contributed by atoms with Gasteiger partial charge >= 0.3 is 0 Å². The molecule has 0 fully saturated rings. The third-order valence-electron chi connectivity index (χ3n) is 9.83. The molecule has 0 amide bonds. The van der Waals surface area contributed by atoms with E-state index in [4.69, 9.17) is 9.97 Å². The number of nitrogens with one attached hydrogen (secondary N) is 1. The van der Waals surface area contributed by atoms with Crippen LogP contribution in [0.3, 0.4) is 0 Å². The van der Waals surface area contributed by atoms with Gasteiger partial charge in [-0.3, -0.25) is 0 Å². The normalized spacial score (nSPS) is 17.4. The van der Waals surface area contributed by atoms with Crippen LogP contribution in [0.15, 0.2) is 170 Å². The molecular weight excluding hydrogens is 607 g/mol. The zero-order chi connectivity index (χ0) is 33.3. The Morgan fingerprint density at radius 3 is 2.04 bits per heavy atom. The second-order valence-corrected chi connectivity index (χ2v) is 13.0. The molecule has 0 spiro atoms. The van der Waals surface area contributed by atoms with E-state index in [9.17, 15) is 0 Å². The molecule has 0 radical (unpaired) electrons. The van der Waals surface area contributed by atoms with Crippen molar-refractivity contribution < 1.29 is 0 Å². The molecule has 6 aromatic rings. The van der Waals surface area contributed by atoms with Gasteiger partial charge in [0, 0.05) is 40.6 Å². The standard InChI is InChI=1S/C47H35N3/c1-4-14-32(15-5-1)36-26-27-48-44-23-13-12-22-42(44)40-21-11-10-20-37(40)30-38(28-36)35-24-25-41-39(29-35)31-43-45(33-16-6-2-7-17-33)49-47(50-46(41)43)34-18-8-3-9-19-34/h1-11,13-21,23-30,48H,12,22,31H2/b27-26+,36-28+,38-30+. The van der Waals surface area contributed by atoms with Gasteiger partial charge < -0.3 is 5.32 Å². The Hall–Kier alpha value is -6.32. The van der Waals surface area contributed by atoms with Crippen molar-refractivity contribution in [3.05, 3.63) is 203 Å². The highest BCUT2D eigenvalue weighted by molar-refractivity contribution is 5.97. The summed E-state index contributed by atoms with van der Waals surface area (Å²) in [5.41, 5.74) is 17.4. The van der Waals surface area contributed by atoms with Crippen LogP contribution >= 0.6 is 0 Å². The van der Waals surface area contributed by atoms with E-state index in [1.54, 1.807) is 0 Å². The van der Waals surface area contributed by atoms with Gasteiger partial charge in [-0.25, -0.2) is 9.97 Å². The molecule has 1 aromatic heterocycles. The molecule has 0 saturated carbocycles. The van der Waals surface area contributed by atoms with Crippen LogP contribution in [0.1, 0.15) is 46.2 Å². The van der Waals surface area contributed by atoms with E-state index in [0.717, 1.165) is 64.4 Å². The quantitative estimate of drug-likeness (QED) is 0.208. The Bertz CT molecular complexity index is 2390. The number of nitrogens with zero attached hydrogens (tertiary/aromatic N) is 2. The fraction of sp³-hybridized carbons (Fsp3) is 0.0638. The minimum absolute atomic E-state index is 0.755. The van der Waals surface area contributed by atoms with E-state index < -0.39 is 0 Å². The Labute approximate surface area is 293 Å². The molecule has 0 saturated heterocycles. The maximum Gasteiger partial charge on any atom is 0.160 e. The van der Waals surface area contributed by atoms with E-state index in [2.05, 4.69) is 157 Å². The molecule has 2 aliphatic carbocycles. The van der Waals surface area contributed by atoms with Crippen LogP contribution in [0.5, 0.6) is 0 Å². The van der Waals surface area contributed by atoms with Crippen LogP contribution in [-0.4, -0.2) is 9.97 Å². The van der Waals surface area contributed by atoms with Crippen LogP contribution < -0.4 is 5.32 Å². The molecule has 3 aliphatic rings. The van der Waals surface area contributed by atoms with E-state index >= 15 is 0 Å². The first kappa shape index (κ1) is 29.8. The van der Waals surface area contributed by atoms with Crippen molar-refractivity contribution in [1.82, 2.24) is 15.3 Å². The highest BCUT2D eigenvalue weighted by Crippen LogP contribution is 2.43. The Morgan fingerprint density at radius 2 is 1.24 bits per heavy atom. The molecule has 50 heavy (non-hydrogen) atoms. The molecule has 0 unspecified atom stereocenters. The summed E-state index contributed by atoms with van der Waals surface area (Å²) in [6.07, 6.45) is 16.3. The largest absolute Gasteiger partial charge is 0.361 e. The summed E-state index contributed by atoms with van der Waals surface area (Å²) in [5, 5.41) is 3.63. The van der Waals surface area contributed by atoms with Gasteiger partial charge in [0.1, 0.15) is 0 Å². The highest BCUT2D eigenvalue weighted by Gasteiger charge is 2.27. The monoisotopic (exact) mass is 641 g/mol. The van der Waals surface area contributed by atoms with Crippen molar-refractivity contribution >= 4 is 22.8 Å². The summed E-state index contributed by atoms with van der Waals surface area (Å²) < 4.78 is 0. The second-order valence-electron chi connectivity index (χ2n) is 13.0.